The molecule has 160 valence electrons. The second-order valence-electron chi connectivity index (χ2n) is 7.87. The van der Waals surface area contributed by atoms with Gasteiger partial charge in [-0.3, -0.25) is 9.59 Å². The molecule has 1 aliphatic rings. The van der Waals surface area contributed by atoms with Crippen LogP contribution < -0.4 is 15.4 Å². The monoisotopic (exact) mass is 406 g/mol. The van der Waals surface area contributed by atoms with Crippen molar-refractivity contribution in [3.05, 3.63) is 23.9 Å². The van der Waals surface area contributed by atoms with Crippen LogP contribution in [0.25, 0.3) is 0 Å². The van der Waals surface area contributed by atoms with Crippen molar-refractivity contribution in [2.45, 2.75) is 39.2 Å². The lowest BCUT2D eigenvalue weighted by atomic mass is 9.96. The normalized spacial score (nSPS) is 16.7. The van der Waals surface area contributed by atoms with Gasteiger partial charge in [-0.15, -0.1) is 0 Å². The second-order valence-corrected chi connectivity index (χ2v) is 7.87. The van der Waals surface area contributed by atoms with Crippen molar-refractivity contribution in [1.29, 1.82) is 0 Å². The van der Waals surface area contributed by atoms with E-state index in [1.807, 2.05) is 0 Å². The first kappa shape index (κ1) is 22.4. The van der Waals surface area contributed by atoms with Crippen LogP contribution >= 0.6 is 0 Å². The SMILES string of the molecule is COc1ncccc1C(=O)N1CCCC(C(=O)NCCNC(=O)OC(C)(C)C)C1. The third kappa shape index (κ3) is 6.92. The van der Waals surface area contributed by atoms with Crippen LogP contribution in [0.15, 0.2) is 18.3 Å². The number of pyridine rings is 1. The summed E-state index contributed by atoms with van der Waals surface area (Å²) in [6, 6.07) is 3.35. The number of amides is 3. The molecule has 29 heavy (non-hydrogen) atoms. The predicted octanol–water partition coefficient (Wildman–Crippen LogP) is 1.58. The minimum Gasteiger partial charge on any atom is -0.480 e. The number of nitrogens with one attached hydrogen (secondary N) is 2. The Balaban J connectivity index is 1.82. The van der Waals surface area contributed by atoms with Crippen LogP contribution in [0.2, 0.25) is 0 Å². The highest BCUT2D eigenvalue weighted by atomic mass is 16.6. The van der Waals surface area contributed by atoms with Gasteiger partial charge in [0.05, 0.1) is 13.0 Å². The van der Waals surface area contributed by atoms with E-state index in [1.54, 1.807) is 44.0 Å². The third-order valence-electron chi connectivity index (χ3n) is 4.37. The van der Waals surface area contributed by atoms with Crippen molar-refractivity contribution in [2.75, 3.05) is 33.3 Å². The topological polar surface area (TPSA) is 110 Å². The highest BCUT2D eigenvalue weighted by Crippen LogP contribution is 2.22. The molecule has 9 nitrogen and oxygen atoms in total. The van der Waals surface area contributed by atoms with Crippen LogP contribution in [0.3, 0.4) is 0 Å². The number of hydrogen-bond acceptors (Lipinski definition) is 6. The first-order valence-corrected chi connectivity index (χ1v) is 9.74. The Morgan fingerprint density at radius 3 is 2.66 bits per heavy atom. The van der Waals surface area contributed by atoms with Gasteiger partial charge in [0, 0.05) is 32.4 Å². The number of aromatic nitrogens is 1. The van der Waals surface area contributed by atoms with Gasteiger partial charge in [-0.05, 0) is 45.7 Å². The number of alkyl carbamates (subject to hydrolysis) is 1. The number of piperidine rings is 1. The fourth-order valence-electron chi connectivity index (χ4n) is 3.07. The Morgan fingerprint density at radius 2 is 1.97 bits per heavy atom. The molecule has 1 aromatic rings. The molecule has 2 heterocycles. The molecule has 9 heteroatoms. The first-order valence-electron chi connectivity index (χ1n) is 9.74. The Bertz CT molecular complexity index is 732. The minimum absolute atomic E-state index is 0.133. The molecule has 0 aromatic carbocycles. The fraction of sp³-hybridized carbons (Fsp3) is 0.600. The molecule has 3 amide bonds. The maximum absolute atomic E-state index is 12.8. The van der Waals surface area contributed by atoms with Gasteiger partial charge < -0.3 is 25.0 Å². The van der Waals surface area contributed by atoms with Gasteiger partial charge in [-0.1, -0.05) is 0 Å². The molecule has 2 rings (SSSR count). The largest absolute Gasteiger partial charge is 0.480 e. The van der Waals surface area contributed by atoms with Crippen molar-refractivity contribution in [3.63, 3.8) is 0 Å². The maximum Gasteiger partial charge on any atom is 0.407 e. The van der Waals surface area contributed by atoms with Gasteiger partial charge in [0.1, 0.15) is 11.2 Å². The standard InChI is InChI=1S/C20H30N4O5/c1-20(2,3)29-19(27)23-11-10-21-16(25)14-7-6-12-24(13-14)18(26)15-8-5-9-22-17(15)28-4/h5,8-9,14H,6-7,10-13H2,1-4H3,(H,21,25)(H,23,27). The Labute approximate surface area is 171 Å². The number of carbonyl (C=O) groups is 3. The molecule has 1 aliphatic heterocycles. The average molecular weight is 406 g/mol. The van der Waals surface area contributed by atoms with Crippen molar-refractivity contribution in [3.8, 4) is 5.88 Å². The molecule has 0 bridgehead atoms. The summed E-state index contributed by atoms with van der Waals surface area (Å²) in [5, 5.41) is 5.41. The summed E-state index contributed by atoms with van der Waals surface area (Å²) in [6.45, 7) is 6.83. The Hall–Kier alpha value is -2.84. The van der Waals surface area contributed by atoms with E-state index in [-0.39, 0.29) is 30.2 Å². The van der Waals surface area contributed by atoms with Gasteiger partial charge in [0.15, 0.2) is 0 Å². The second kappa shape index (κ2) is 10.1. The van der Waals surface area contributed by atoms with Crippen LogP contribution in [0.4, 0.5) is 4.79 Å². The van der Waals surface area contributed by atoms with E-state index in [2.05, 4.69) is 15.6 Å². The van der Waals surface area contributed by atoms with E-state index in [9.17, 15) is 14.4 Å². The molecule has 1 saturated heterocycles. The number of likely N-dealkylation sites (tertiary alicyclic amines) is 1. The van der Waals surface area contributed by atoms with Crippen LogP contribution in [0, 0.1) is 5.92 Å². The van der Waals surface area contributed by atoms with Crippen LogP contribution in [0.5, 0.6) is 5.88 Å². The fourth-order valence-corrected chi connectivity index (χ4v) is 3.07. The van der Waals surface area contributed by atoms with Crippen molar-refractivity contribution in [1.82, 2.24) is 20.5 Å². The first-order chi connectivity index (χ1) is 13.7. The zero-order chi connectivity index (χ0) is 21.4. The molecule has 0 aliphatic carbocycles. The highest BCUT2D eigenvalue weighted by molar-refractivity contribution is 5.96. The summed E-state index contributed by atoms with van der Waals surface area (Å²) < 4.78 is 10.3. The molecule has 0 radical (unpaired) electrons. The van der Waals surface area contributed by atoms with Crippen LogP contribution in [0.1, 0.15) is 44.0 Å². The molecule has 1 atom stereocenters. The van der Waals surface area contributed by atoms with E-state index in [0.29, 0.717) is 31.6 Å². The van der Waals surface area contributed by atoms with E-state index >= 15 is 0 Å². The van der Waals surface area contributed by atoms with Gasteiger partial charge in [-0.25, -0.2) is 9.78 Å². The number of carbonyl (C=O) groups excluding carboxylic acids is 3. The summed E-state index contributed by atoms with van der Waals surface area (Å²) in [5.74, 6) is -0.347. The Morgan fingerprint density at radius 1 is 1.24 bits per heavy atom. The van der Waals surface area contributed by atoms with Gasteiger partial charge in [0.25, 0.3) is 5.91 Å². The Kier molecular flexibility index (Phi) is 7.81. The highest BCUT2D eigenvalue weighted by Gasteiger charge is 2.30. The van der Waals surface area contributed by atoms with E-state index in [4.69, 9.17) is 9.47 Å². The summed E-state index contributed by atoms with van der Waals surface area (Å²) in [5.41, 5.74) is -0.180. The van der Waals surface area contributed by atoms with E-state index in [0.717, 1.165) is 6.42 Å². The number of methoxy groups -OCH3 is 1. The number of nitrogens with zero attached hydrogens (tertiary/aromatic N) is 2. The number of hydrogen-bond donors (Lipinski definition) is 2. The van der Waals surface area contributed by atoms with Gasteiger partial charge in [-0.2, -0.15) is 0 Å². The average Bonchev–Trinajstić information content (AvgIpc) is 2.69. The zero-order valence-electron chi connectivity index (χ0n) is 17.5. The lowest BCUT2D eigenvalue weighted by Crippen LogP contribution is -2.46. The molecule has 1 unspecified atom stereocenters. The van der Waals surface area contributed by atoms with Crippen LogP contribution in [-0.4, -0.2) is 66.7 Å². The molecule has 2 N–H and O–H groups in total. The minimum atomic E-state index is -0.567. The summed E-state index contributed by atoms with van der Waals surface area (Å²) >= 11 is 0. The van der Waals surface area contributed by atoms with Gasteiger partial charge in [0.2, 0.25) is 11.8 Å². The molecular formula is C20H30N4O5. The lowest BCUT2D eigenvalue weighted by Gasteiger charge is -2.32. The van der Waals surface area contributed by atoms with Gasteiger partial charge >= 0.3 is 6.09 Å². The quantitative estimate of drug-likeness (QED) is 0.694. The molecular weight excluding hydrogens is 376 g/mol. The lowest BCUT2D eigenvalue weighted by molar-refractivity contribution is -0.126. The molecule has 0 spiro atoms. The van der Waals surface area contributed by atoms with E-state index in [1.165, 1.54) is 7.11 Å². The summed E-state index contributed by atoms with van der Waals surface area (Å²) in [4.78, 5) is 42.6. The molecule has 1 aromatic heterocycles. The molecule has 1 fully saturated rings. The number of ether oxygens (including phenoxy) is 2. The third-order valence-corrected chi connectivity index (χ3v) is 4.37. The van der Waals surface area contributed by atoms with Crippen molar-refractivity contribution < 1.29 is 23.9 Å². The number of rotatable bonds is 6. The predicted molar refractivity (Wildman–Crippen MR) is 107 cm³/mol. The van der Waals surface area contributed by atoms with Crippen molar-refractivity contribution in [2.24, 2.45) is 5.92 Å². The summed E-state index contributed by atoms with van der Waals surface area (Å²) in [6.07, 6.45) is 2.49. The smallest absolute Gasteiger partial charge is 0.407 e. The molecule has 0 saturated carbocycles. The summed E-state index contributed by atoms with van der Waals surface area (Å²) in [7, 11) is 1.47. The van der Waals surface area contributed by atoms with Crippen LogP contribution in [-0.2, 0) is 9.53 Å². The maximum atomic E-state index is 12.8. The van der Waals surface area contributed by atoms with Crippen molar-refractivity contribution >= 4 is 17.9 Å². The van der Waals surface area contributed by atoms with E-state index < -0.39 is 11.7 Å². The zero-order valence-corrected chi connectivity index (χ0v) is 17.5.